The summed E-state index contributed by atoms with van der Waals surface area (Å²) in [4.78, 5) is 0. The van der Waals surface area contributed by atoms with Crippen molar-refractivity contribution in [2.75, 3.05) is 0 Å². The first kappa shape index (κ1) is 10.7. The zero-order valence-electron chi connectivity index (χ0n) is 10.1. The van der Waals surface area contributed by atoms with Gasteiger partial charge in [-0.3, -0.25) is 0 Å². The molecular formula is C13H15N3. The van der Waals surface area contributed by atoms with Gasteiger partial charge in [0.05, 0.1) is 11.2 Å². The van der Waals surface area contributed by atoms with E-state index >= 15 is 0 Å². The Labute approximate surface area is 95.3 Å². The number of rotatable bonds is 1. The first-order chi connectivity index (χ1) is 7.56. The van der Waals surface area contributed by atoms with Gasteiger partial charge in [-0.15, -0.1) is 0 Å². The predicted octanol–water partition coefficient (Wildman–Crippen LogP) is 2.95. The van der Waals surface area contributed by atoms with E-state index in [1.807, 2.05) is 19.1 Å². The molecule has 0 fully saturated rings. The largest absolute Gasteiger partial charge is 0.222 e. The van der Waals surface area contributed by atoms with E-state index in [0.29, 0.717) is 11.6 Å². The highest BCUT2D eigenvalue weighted by Crippen LogP contribution is 2.25. The zero-order valence-corrected chi connectivity index (χ0v) is 10.1. The van der Waals surface area contributed by atoms with E-state index in [0.717, 1.165) is 11.2 Å². The molecule has 2 aromatic heterocycles. The molecule has 2 heterocycles. The number of aromatic nitrogens is 2. The Kier molecular flexibility index (Phi) is 2.43. The van der Waals surface area contributed by atoms with Crippen LogP contribution in [0.3, 0.4) is 0 Å². The molecule has 0 saturated carbocycles. The topological polar surface area (TPSA) is 41.1 Å². The van der Waals surface area contributed by atoms with E-state index in [2.05, 4.69) is 31.9 Å². The van der Waals surface area contributed by atoms with Crippen LogP contribution >= 0.6 is 0 Å². The molecular weight excluding hydrogens is 198 g/mol. The van der Waals surface area contributed by atoms with Crippen molar-refractivity contribution in [1.29, 1.82) is 5.26 Å². The highest BCUT2D eigenvalue weighted by atomic mass is 15.2. The minimum Gasteiger partial charge on any atom is -0.222 e. The van der Waals surface area contributed by atoms with Crippen LogP contribution in [0.15, 0.2) is 12.1 Å². The molecule has 0 spiro atoms. The molecule has 0 aromatic carbocycles. The molecule has 0 amide bonds. The van der Waals surface area contributed by atoms with Gasteiger partial charge in [0.1, 0.15) is 11.8 Å². The van der Waals surface area contributed by atoms with Gasteiger partial charge < -0.3 is 0 Å². The summed E-state index contributed by atoms with van der Waals surface area (Å²) < 4.78 is 1.76. The molecule has 0 atom stereocenters. The molecule has 0 saturated heterocycles. The van der Waals surface area contributed by atoms with Crippen molar-refractivity contribution in [3.05, 3.63) is 34.6 Å². The molecule has 0 radical (unpaired) electrons. The lowest BCUT2D eigenvalue weighted by Gasteiger charge is -2.09. The quantitative estimate of drug-likeness (QED) is 0.730. The maximum Gasteiger partial charge on any atom is 0.142 e. The number of hydrogen-bond donors (Lipinski definition) is 0. The van der Waals surface area contributed by atoms with E-state index < -0.39 is 0 Å². The second kappa shape index (κ2) is 3.64. The van der Waals surface area contributed by atoms with Crippen LogP contribution in [0.2, 0.25) is 0 Å². The molecule has 2 rings (SSSR count). The maximum absolute atomic E-state index is 9.05. The van der Waals surface area contributed by atoms with E-state index in [1.54, 1.807) is 4.52 Å². The van der Waals surface area contributed by atoms with E-state index in [1.165, 1.54) is 11.1 Å². The Morgan fingerprint density at radius 2 is 2.00 bits per heavy atom. The van der Waals surface area contributed by atoms with Gasteiger partial charge in [-0.1, -0.05) is 19.9 Å². The fraction of sp³-hybridized carbons (Fsp3) is 0.385. The van der Waals surface area contributed by atoms with Crippen LogP contribution in [0.1, 0.15) is 42.3 Å². The van der Waals surface area contributed by atoms with Gasteiger partial charge in [0.25, 0.3) is 0 Å². The number of hydrogen-bond acceptors (Lipinski definition) is 2. The molecule has 0 unspecified atom stereocenters. The number of aryl methyl sites for hydroxylation is 2. The Bertz CT molecular complexity index is 585. The summed E-state index contributed by atoms with van der Waals surface area (Å²) in [5.74, 6) is 0.435. The van der Waals surface area contributed by atoms with Gasteiger partial charge in [0.15, 0.2) is 0 Å². The lowest BCUT2D eigenvalue weighted by Crippen LogP contribution is -1.99. The van der Waals surface area contributed by atoms with Gasteiger partial charge in [-0.2, -0.15) is 10.4 Å². The van der Waals surface area contributed by atoms with Crippen LogP contribution in [0.25, 0.3) is 5.52 Å². The third-order valence-corrected chi connectivity index (χ3v) is 3.02. The third-order valence-electron chi connectivity index (χ3n) is 3.02. The molecule has 0 bridgehead atoms. The highest BCUT2D eigenvalue weighted by Gasteiger charge is 2.14. The smallest absolute Gasteiger partial charge is 0.142 e. The van der Waals surface area contributed by atoms with Crippen molar-refractivity contribution in [3.8, 4) is 6.07 Å². The molecule has 2 aromatic rings. The first-order valence-electron chi connectivity index (χ1n) is 5.45. The van der Waals surface area contributed by atoms with Gasteiger partial charge in [0.2, 0.25) is 0 Å². The Morgan fingerprint density at radius 1 is 1.31 bits per heavy atom. The summed E-state index contributed by atoms with van der Waals surface area (Å²) in [6.07, 6.45) is 0. The van der Waals surface area contributed by atoms with Crippen LogP contribution in [-0.4, -0.2) is 9.61 Å². The molecule has 16 heavy (non-hydrogen) atoms. The number of fused-ring (bicyclic) bond motifs is 1. The van der Waals surface area contributed by atoms with Crippen LogP contribution in [0.4, 0.5) is 0 Å². The Morgan fingerprint density at radius 3 is 2.56 bits per heavy atom. The maximum atomic E-state index is 9.05. The monoisotopic (exact) mass is 213 g/mol. The Balaban J connectivity index is 2.93. The molecule has 0 aliphatic carbocycles. The van der Waals surface area contributed by atoms with Crippen molar-refractivity contribution < 1.29 is 0 Å². The van der Waals surface area contributed by atoms with Gasteiger partial charge >= 0.3 is 0 Å². The van der Waals surface area contributed by atoms with Crippen LogP contribution in [0.5, 0.6) is 0 Å². The highest BCUT2D eigenvalue weighted by molar-refractivity contribution is 5.64. The van der Waals surface area contributed by atoms with E-state index in [4.69, 9.17) is 5.26 Å². The van der Waals surface area contributed by atoms with Gasteiger partial charge in [-0.05, 0) is 37.0 Å². The molecule has 3 nitrogen and oxygen atoms in total. The summed E-state index contributed by atoms with van der Waals surface area (Å²) in [6.45, 7) is 8.35. The summed E-state index contributed by atoms with van der Waals surface area (Å²) >= 11 is 0. The standard InChI is InChI=1S/C13H15N3/c1-8(2)12-6-5-11(7-14)16-13(12)9(3)10(4)15-16/h5-6,8H,1-4H3. The lowest BCUT2D eigenvalue weighted by molar-refractivity contribution is 0.845. The van der Waals surface area contributed by atoms with Crippen molar-refractivity contribution in [2.24, 2.45) is 0 Å². The number of nitrogens with zero attached hydrogens (tertiary/aromatic N) is 3. The second-order valence-corrected chi connectivity index (χ2v) is 4.41. The van der Waals surface area contributed by atoms with Crippen molar-refractivity contribution >= 4 is 5.52 Å². The van der Waals surface area contributed by atoms with Crippen LogP contribution in [-0.2, 0) is 0 Å². The molecule has 0 aliphatic rings. The molecule has 0 aliphatic heterocycles. The number of pyridine rings is 1. The zero-order chi connectivity index (χ0) is 11.9. The minimum absolute atomic E-state index is 0.435. The number of nitriles is 1. The third kappa shape index (κ3) is 1.38. The predicted molar refractivity (Wildman–Crippen MR) is 63.5 cm³/mol. The van der Waals surface area contributed by atoms with Crippen LogP contribution in [0, 0.1) is 25.2 Å². The van der Waals surface area contributed by atoms with Gasteiger partial charge in [-0.25, -0.2) is 4.52 Å². The van der Waals surface area contributed by atoms with Crippen molar-refractivity contribution in [3.63, 3.8) is 0 Å². The average Bonchev–Trinajstić information content (AvgIpc) is 2.54. The summed E-state index contributed by atoms with van der Waals surface area (Å²) in [6, 6.07) is 6.05. The lowest BCUT2D eigenvalue weighted by atomic mass is 10.0. The molecule has 0 N–H and O–H groups in total. The van der Waals surface area contributed by atoms with E-state index in [9.17, 15) is 0 Å². The second-order valence-electron chi connectivity index (χ2n) is 4.41. The summed E-state index contributed by atoms with van der Waals surface area (Å²) in [5, 5.41) is 13.5. The van der Waals surface area contributed by atoms with Crippen LogP contribution < -0.4 is 0 Å². The first-order valence-corrected chi connectivity index (χ1v) is 5.45. The van der Waals surface area contributed by atoms with Gasteiger partial charge in [0, 0.05) is 0 Å². The fourth-order valence-corrected chi connectivity index (χ4v) is 1.99. The average molecular weight is 213 g/mol. The summed E-state index contributed by atoms with van der Waals surface area (Å²) in [7, 11) is 0. The SMILES string of the molecule is Cc1nn2c(C#N)ccc(C(C)C)c2c1C. The molecule has 82 valence electrons. The van der Waals surface area contributed by atoms with Crippen molar-refractivity contribution in [2.45, 2.75) is 33.6 Å². The Hall–Kier alpha value is -1.82. The van der Waals surface area contributed by atoms with Crippen molar-refractivity contribution in [1.82, 2.24) is 9.61 Å². The minimum atomic E-state index is 0.435. The van der Waals surface area contributed by atoms with E-state index in [-0.39, 0.29) is 0 Å². The fourth-order valence-electron chi connectivity index (χ4n) is 1.99. The normalized spacial score (nSPS) is 11.0. The molecule has 3 heteroatoms. The summed E-state index contributed by atoms with van der Waals surface area (Å²) in [5.41, 5.74) is 5.09.